The zero-order valence-electron chi connectivity index (χ0n) is 17.1. The van der Waals surface area contributed by atoms with Gasteiger partial charge in [0.25, 0.3) is 0 Å². The topological polar surface area (TPSA) is 62.9 Å². The Bertz CT molecular complexity index is 1360. The summed E-state index contributed by atoms with van der Waals surface area (Å²) in [5.41, 5.74) is 5.32. The van der Waals surface area contributed by atoms with E-state index < -0.39 is 6.61 Å². The lowest BCUT2D eigenvalue weighted by atomic mass is 10.0. The Hall–Kier alpha value is -4.13. The van der Waals surface area contributed by atoms with Crippen molar-refractivity contribution in [2.24, 2.45) is 0 Å². The number of hydrogen-bond acceptors (Lipinski definition) is 3. The normalized spacial score (nSPS) is 11.2. The fraction of sp³-hybridized carbons (Fsp3) is 0.0800. The first-order valence-electron chi connectivity index (χ1n) is 9.98. The summed E-state index contributed by atoms with van der Waals surface area (Å²) in [5, 5.41) is 1.07. The zero-order chi connectivity index (χ0) is 22.1. The Morgan fingerprint density at radius 1 is 0.844 bits per heavy atom. The van der Waals surface area contributed by atoms with Crippen molar-refractivity contribution in [3.63, 3.8) is 0 Å². The molecule has 0 atom stereocenters. The highest BCUT2D eigenvalue weighted by Crippen LogP contribution is 2.37. The van der Waals surface area contributed by atoms with Gasteiger partial charge in [-0.15, -0.1) is 0 Å². The summed E-state index contributed by atoms with van der Waals surface area (Å²) in [6, 6.07) is 22.1. The number of para-hydroxylation sites is 1. The van der Waals surface area contributed by atoms with Gasteiger partial charge < -0.3 is 19.4 Å². The smallest absolute Gasteiger partial charge is 0.387 e. The van der Waals surface area contributed by atoms with Crippen molar-refractivity contribution in [1.29, 1.82) is 0 Å². The van der Waals surface area contributed by atoms with Crippen molar-refractivity contribution in [3.8, 4) is 45.4 Å². The zero-order valence-corrected chi connectivity index (χ0v) is 17.1. The number of aromatic amines is 2. The van der Waals surface area contributed by atoms with Gasteiger partial charge in [-0.3, -0.25) is 0 Å². The number of fused-ring (bicyclic) bond motifs is 1. The van der Waals surface area contributed by atoms with Gasteiger partial charge in [-0.05, 0) is 54.6 Å². The molecule has 2 heterocycles. The Labute approximate surface area is 182 Å². The molecular formula is C25H19F2N3O2. The fourth-order valence-corrected chi connectivity index (χ4v) is 3.74. The molecular weight excluding hydrogens is 412 g/mol. The van der Waals surface area contributed by atoms with Crippen LogP contribution in [0.2, 0.25) is 0 Å². The molecule has 0 saturated carbocycles. The van der Waals surface area contributed by atoms with Crippen LogP contribution in [-0.4, -0.2) is 28.7 Å². The van der Waals surface area contributed by atoms with Gasteiger partial charge in [-0.1, -0.05) is 18.2 Å². The van der Waals surface area contributed by atoms with E-state index in [1.807, 2.05) is 48.7 Å². The van der Waals surface area contributed by atoms with Crippen LogP contribution in [0.1, 0.15) is 0 Å². The molecule has 5 rings (SSSR count). The van der Waals surface area contributed by atoms with Crippen molar-refractivity contribution in [1.82, 2.24) is 15.0 Å². The SMILES string of the molecule is COc1ccc(-c2nc(-c3ccc(OC(F)F)cc3)[nH]c2-c2c[nH]c3ccccc23)cc1. The molecule has 0 amide bonds. The van der Waals surface area contributed by atoms with Crippen LogP contribution in [0.4, 0.5) is 8.78 Å². The number of benzene rings is 3. The molecule has 0 saturated heterocycles. The Morgan fingerprint density at radius 2 is 1.53 bits per heavy atom. The molecule has 0 aliphatic rings. The Balaban J connectivity index is 1.63. The van der Waals surface area contributed by atoms with E-state index in [2.05, 4.69) is 20.8 Å². The molecule has 160 valence electrons. The number of halogens is 2. The standard InChI is InChI=1S/C25H19F2N3O2/c1-31-17-10-6-15(7-11-17)22-23(20-14-28-21-5-3-2-4-19(20)21)30-24(29-22)16-8-12-18(13-9-16)32-25(26)27/h2-14,25,28H,1H3,(H,29,30). The predicted octanol–water partition coefficient (Wildman–Crippen LogP) is 6.50. The summed E-state index contributed by atoms with van der Waals surface area (Å²) in [6.07, 6.45) is 1.95. The molecule has 5 aromatic rings. The summed E-state index contributed by atoms with van der Waals surface area (Å²) in [6.45, 7) is -2.86. The van der Waals surface area contributed by atoms with E-state index in [4.69, 9.17) is 9.72 Å². The molecule has 7 heteroatoms. The van der Waals surface area contributed by atoms with Gasteiger partial charge in [0.1, 0.15) is 17.3 Å². The third-order valence-corrected chi connectivity index (χ3v) is 5.28. The van der Waals surface area contributed by atoms with Gasteiger partial charge in [0.2, 0.25) is 0 Å². The number of methoxy groups -OCH3 is 1. The number of H-pyrrole nitrogens is 2. The average Bonchev–Trinajstić information content (AvgIpc) is 3.44. The molecule has 0 spiro atoms. The number of aromatic nitrogens is 3. The van der Waals surface area contributed by atoms with E-state index in [0.29, 0.717) is 5.82 Å². The molecule has 2 N–H and O–H groups in total. The second-order valence-corrected chi connectivity index (χ2v) is 7.19. The molecule has 0 fully saturated rings. The summed E-state index contributed by atoms with van der Waals surface area (Å²) in [5.74, 6) is 1.48. The summed E-state index contributed by atoms with van der Waals surface area (Å²) in [4.78, 5) is 11.6. The number of alkyl halides is 2. The summed E-state index contributed by atoms with van der Waals surface area (Å²) in [7, 11) is 1.63. The quantitative estimate of drug-likeness (QED) is 0.322. The molecule has 2 aromatic heterocycles. The van der Waals surface area contributed by atoms with Gasteiger partial charge in [0, 0.05) is 33.8 Å². The van der Waals surface area contributed by atoms with Crippen molar-refractivity contribution in [2.75, 3.05) is 7.11 Å². The van der Waals surface area contributed by atoms with Crippen LogP contribution in [0.15, 0.2) is 79.0 Å². The first kappa shape index (κ1) is 19.8. The number of nitrogens with one attached hydrogen (secondary N) is 2. The van der Waals surface area contributed by atoms with E-state index in [0.717, 1.165) is 44.7 Å². The van der Waals surface area contributed by atoms with Crippen LogP contribution in [0.5, 0.6) is 11.5 Å². The van der Waals surface area contributed by atoms with E-state index in [9.17, 15) is 8.78 Å². The van der Waals surface area contributed by atoms with Crippen LogP contribution in [0.3, 0.4) is 0 Å². The number of ether oxygens (including phenoxy) is 2. The maximum atomic E-state index is 12.5. The van der Waals surface area contributed by atoms with E-state index in [1.54, 1.807) is 19.2 Å². The molecule has 0 bridgehead atoms. The third kappa shape index (κ3) is 3.69. The van der Waals surface area contributed by atoms with Crippen molar-refractivity contribution in [3.05, 3.63) is 79.0 Å². The lowest BCUT2D eigenvalue weighted by Crippen LogP contribution is -2.01. The maximum Gasteiger partial charge on any atom is 0.387 e. The average molecular weight is 431 g/mol. The van der Waals surface area contributed by atoms with Gasteiger partial charge in [0.05, 0.1) is 18.5 Å². The first-order chi connectivity index (χ1) is 15.6. The molecule has 0 aliphatic carbocycles. The highest BCUT2D eigenvalue weighted by Gasteiger charge is 2.18. The van der Waals surface area contributed by atoms with E-state index in [-0.39, 0.29) is 5.75 Å². The van der Waals surface area contributed by atoms with Crippen LogP contribution < -0.4 is 9.47 Å². The Kier molecular flexibility index (Phi) is 5.07. The number of hydrogen-bond donors (Lipinski definition) is 2. The largest absolute Gasteiger partial charge is 0.497 e. The van der Waals surface area contributed by atoms with Crippen LogP contribution in [0.25, 0.3) is 44.8 Å². The highest BCUT2D eigenvalue weighted by atomic mass is 19.3. The molecule has 0 radical (unpaired) electrons. The monoisotopic (exact) mass is 431 g/mol. The van der Waals surface area contributed by atoms with Gasteiger partial charge in [-0.2, -0.15) is 8.78 Å². The van der Waals surface area contributed by atoms with Crippen LogP contribution >= 0.6 is 0 Å². The minimum absolute atomic E-state index is 0.0996. The van der Waals surface area contributed by atoms with Crippen molar-refractivity contribution in [2.45, 2.75) is 6.61 Å². The molecule has 5 nitrogen and oxygen atoms in total. The van der Waals surface area contributed by atoms with Crippen molar-refractivity contribution < 1.29 is 18.3 Å². The highest BCUT2D eigenvalue weighted by molar-refractivity contribution is 5.98. The minimum atomic E-state index is -2.86. The van der Waals surface area contributed by atoms with Gasteiger partial charge in [0.15, 0.2) is 0 Å². The second-order valence-electron chi connectivity index (χ2n) is 7.19. The summed E-state index contributed by atoms with van der Waals surface area (Å²) < 4.78 is 34.7. The second kappa shape index (κ2) is 8.19. The fourth-order valence-electron chi connectivity index (χ4n) is 3.74. The summed E-state index contributed by atoms with van der Waals surface area (Å²) >= 11 is 0. The maximum absolute atomic E-state index is 12.5. The molecule has 0 unspecified atom stereocenters. The number of imidazole rings is 1. The molecule has 32 heavy (non-hydrogen) atoms. The van der Waals surface area contributed by atoms with Gasteiger partial charge >= 0.3 is 6.61 Å². The predicted molar refractivity (Wildman–Crippen MR) is 120 cm³/mol. The van der Waals surface area contributed by atoms with E-state index >= 15 is 0 Å². The molecule has 3 aromatic carbocycles. The first-order valence-corrected chi connectivity index (χ1v) is 9.98. The lowest BCUT2D eigenvalue weighted by Gasteiger charge is -2.04. The Morgan fingerprint density at radius 3 is 2.25 bits per heavy atom. The van der Waals surface area contributed by atoms with Gasteiger partial charge in [-0.25, -0.2) is 4.98 Å². The van der Waals surface area contributed by atoms with Crippen LogP contribution in [0, 0.1) is 0 Å². The lowest BCUT2D eigenvalue weighted by molar-refractivity contribution is -0.0498. The van der Waals surface area contributed by atoms with E-state index in [1.165, 1.54) is 12.1 Å². The molecule has 0 aliphatic heterocycles. The third-order valence-electron chi connectivity index (χ3n) is 5.28. The van der Waals surface area contributed by atoms with Crippen molar-refractivity contribution >= 4 is 10.9 Å². The number of rotatable bonds is 6. The van der Waals surface area contributed by atoms with Crippen LogP contribution in [-0.2, 0) is 0 Å². The number of nitrogens with zero attached hydrogens (tertiary/aromatic N) is 1. The minimum Gasteiger partial charge on any atom is -0.497 e.